The zero-order chi connectivity index (χ0) is 18.3. The number of carbonyl (C=O) groups excluding carboxylic acids is 1. The van der Waals surface area contributed by atoms with Gasteiger partial charge in [-0.2, -0.15) is 5.26 Å². The van der Waals surface area contributed by atoms with Gasteiger partial charge in [0.2, 0.25) is 5.91 Å². The molecule has 5 nitrogen and oxygen atoms in total. The van der Waals surface area contributed by atoms with E-state index in [1.807, 2.05) is 50.1 Å². The molecule has 1 N–H and O–H groups in total. The van der Waals surface area contributed by atoms with Crippen LogP contribution in [0.5, 0.6) is 5.75 Å². The third-order valence-corrected chi connectivity index (χ3v) is 5.06. The fourth-order valence-corrected chi connectivity index (χ4v) is 3.10. The van der Waals surface area contributed by atoms with Crippen molar-refractivity contribution in [1.29, 1.82) is 5.26 Å². The third-order valence-electron chi connectivity index (χ3n) is 5.06. The Morgan fingerprint density at radius 1 is 1.32 bits per heavy atom. The highest BCUT2D eigenvalue weighted by molar-refractivity contribution is 5.82. The van der Waals surface area contributed by atoms with Crippen molar-refractivity contribution in [2.24, 2.45) is 0 Å². The van der Waals surface area contributed by atoms with E-state index in [9.17, 15) is 10.1 Å². The van der Waals surface area contributed by atoms with Gasteiger partial charge >= 0.3 is 0 Å². The monoisotopic (exact) mass is 343 g/mol. The molecule has 0 aromatic heterocycles. The van der Waals surface area contributed by atoms with Crippen molar-refractivity contribution in [3.63, 3.8) is 0 Å². The van der Waals surface area contributed by atoms with Crippen LogP contribution in [0.15, 0.2) is 24.3 Å². The lowest BCUT2D eigenvalue weighted by molar-refractivity contribution is -0.127. The van der Waals surface area contributed by atoms with Crippen LogP contribution >= 0.6 is 0 Å². The molecule has 1 amide bonds. The van der Waals surface area contributed by atoms with Crippen LogP contribution in [0.3, 0.4) is 0 Å². The quantitative estimate of drug-likeness (QED) is 0.826. The van der Waals surface area contributed by atoms with Gasteiger partial charge in [0.25, 0.3) is 0 Å². The first-order valence-electron chi connectivity index (χ1n) is 9.09. The minimum atomic E-state index is -0.678. The number of benzene rings is 1. The molecule has 0 aliphatic heterocycles. The van der Waals surface area contributed by atoms with E-state index in [1.165, 1.54) is 5.56 Å². The second-order valence-corrected chi connectivity index (χ2v) is 7.06. The van der Waals surface area contributed by atoms with E-state index in [2.05, 4.69) is 11.4 Å². The normalized spacial score (nSPS) is 17.6. The van der Waals surface area contributed by atoms with Crippen molar-refractivity contribution in [1.82, 2.24) is 10.2 Å². The number of ether oxygens (including phenoxy) is 1. The Bertz CT molecular complexity index is 600. The van der Waals surface area contributed by atoms with Crippen molar-refractivity contribution >= 4 is 5.91 Å². The van der Waals surface area contributed by atoms with Crippen LogP contribution in [0.25, 0.3) is 0 Å². The van der Waals surface area contributed by atoms with E-state index in [1.54, 1.807) is 0 Å². The van der Waals surface area contributed by atoms with Gasteiger partial charge in [-0.15, -0.1) is 0 Å². The minimum absolute atomic E-state index is 0.0821. The largest absolute Gasteiger partial charge is 0.492 e. The summed E-state index contributed by atoms with van der Waals surface area (Å²) in [5.74, 6) is 0.753. The summed E-state index contributed by atoms with van der Waals surface area (Å²) in [5.41, 5.74) is 0.520. The first-order valence-corrected chi connectivity index (χ1v) is 9.09. The maximum absolute atomic E-state index is 12.5. The molecule has 0 radical (unpaired) electrons. The molecule has 2 rings (SSSR count). The van der Waals surface area contributed by atoms with Gasteiger partial charge in [0, 0.05) is 6.54 Å². The summed E-state index contributed by atoms with van der Waals surface area (Å²) in [6.07, 6.45) is 4.65. The predicted octanol–water partition coefficient (Wildman–Crippen LogP) is 3.04. The number of hydrogen-bond donors (Lipinski definition) is 1. The van der Waals surface area contributed by atoms with Crippen molar-refractivity contribution in [3.05, 3.63) is 29.8 Å². The molecule has 0 heterocycles. The van der Waals surface area contributed by atoms with Gasteiger partial charge in [-0.25, -0.2) is 0 Å². The van der Waals surface area contributed by atoms with Gasteiger partial charge in [0.1, 0.15) is 17.9 Å². The van der Waals surface area contributed by atoms with Crippen LogP contribution in [0.1, 0.15) is 44.6 Å². The van der Waals surface area contributed by atoms with Gasteiger partial charge < -0.3 is 10.1 Å². The Balaban J connectivity index is 1.80. The molecule has 1 fully saturated rings. The minimum Gasteiger partial charge on any atom is -0.492 e. The third kappa shape index (κ3) is 5.47. The molecule has 1 unspecified atom stereocenters. The zero-order valence-corrected chi connectivity index (χ0v) is 15.5. The van der Waals surface area contributed by atoms with Gasteiger partial charge in [-0.05, 0) is 45.9 Å². The standard InChI is InChI=1S/C20H29N3O2/c1-16-7-9-18(10-8-16)25-14-13-23(3)17(2)19(24)22-20(15-21)11-5-4-6-12-20/h7-10,17H,4-6,11-14H2,1-3H3,(H,22,24). The Morgan fingerprint density at radius 3 is 2.56 bits per heavy atom. The van der Waals surface area contributed by atoms with Crippen molar-refractivity contribution in [2.45, 2.75) is 57.5 Å². The molecule has 1 atom stereocenters. The first kappa shape index (κ1) is 19.3. The molecule has 136 valence electrons. The molecule has 25 heavy (non-hydrogen) atoms. The van der Waals surface area contributed by atoms with Gasteiger partial charge in [0.05, 0.1) is 12.1 Å². The van der Waals surface area contributed by atoms with Crippen LogP contribution < -0.4 is 10.1 Å². The summed E-state index contributed by atoms with van der Waals surface area (Å²) in [6, 6.07) is 9.97. The number of amides is 1. The number of carbonyl (C=O) groups is 1. The second kappa shape index (κ2) is 8.87. The molecule has 1 aliphatic carbocycles. The van der Waals surface area contributed by atoms with Gasteiger partial charge in [-0.3, -0.25) is 9.69 Å². The van der Waals surface area contributed by atoms with E-state index in [0.29, 0.717) is 13.2 Å². The maximum Gasteiger partial charge on any atom is 0.238 e. The molecule has 1 aromatic carbocycles. The predicted molar refractivity (Wildman–Crippen MR) is 98.3 cm³/mol. The molecule has 0 spiro atoms. The lowest BCUT2D eigenvalue weighted by atomic mass is 9.82. The van der Waals surface area contributed by atoms with Crippen molar-refractivity contribution in [2.75, 3.05) is 20.2 Å². The van der Waals surface area contributed by atoms with Crippen molar-refractivity contribution < 1.29 is 9.53 Å². The average Bonchev–Trinajstić information content (AvgIpc) is 2.63. The fraction of sp³-hybridized carbons (Fsp3) is 0.600. The van der Waals surface area contributed by atoms with E-state index < -0.39 is 5.54 Å². The fourth-order valence-electron chi connectivity index (χ4n) is 3.10. The number of aryl methyl sites for hydroxylation is 1. The summed E-state index contributed by atoms with van der Waals surface area (Å²) < 4.78 is 5.73. The molecular formula is C20H29N3O2. The second-order valence-electron chi connectivity index (χ2n) is 7.06. The van der Waals surface area contributed by atoms with Crippen LogP contribution in [0, 0.1) is 18.3 Å². The molecule has 1 aliphatic rings. The number of likely N-dealkylation sites (N-methyl/N-ethyl adjacent to an activating group) is 1. The lowest BCUT2D eigenvalue weighted by Gasteiger charge is -2.34. The van der Waals surface area contributed by atoms with Crippen molar-refractivity contribution in [3.8, 4) is 11.8 Å². The Morgan fingerprint density at radius 2 is 1.96 bits per heavy atom. The summed E-state index contributed by atoms with van der Waals surface area (Å²) in [7, 11) is 1.91. The summed E-state index contributed by atoms with van der Waals surface area (Å²) in [5, 5.41) is 12.5. The highest BCUT2D eigenvalue weighted by Gasteiger charge is 2.35. The number of nitrogens with one attached hydrogen (secondary N) is 1. The number of nitrogens with zero attached hydrogens (tertiary/aromatic N) is 2. The van der Waals surface area contributed by atoms with E-state index >= 15 is 0 Å². The zero-order valence-electron chi connectivity index (χ0n) is 15.5. The molecule has 1 saturated carbocycles. The van der Waals surface area contributed by atoms with Gasteiger partial charge in [-0.1, -0.05) is 37.0 Å². The molecule has 5 heteroatoms. The summed E-state index contributed by atoms with van der Waals surface area (Å²) in [6.45, 7) is 5.07. The van der Waals surface area contributed by atoms with Crippen LogP contribution in [-0.4, -0.2) is 42.6 Å². The smallest absolute Gasteiger partial charge is 0.238 e. The molecule has 0 bridgehead atoms. The highest BCUT2D eigenvalue weighted by atomic mass is 16.5. The van der Waals surface area contributed by atoms with E-state index in [-0.39, 0.29) is 11.9 Å². The van der Waals surface area contributed by atoms with Crippen LogP contribution in [0.4, 0.5) is 0 Å². The average molecular weight is 343 g/mol. The Labute approximate surface area is 151 Å². The topological polar surface area (TPSA) is 65.4 Å². The summed E-state index contributed by atoms with van der Waals surface area (Å²) in [4.78, 5) is 14.5. The highest BCUT2D eigenvalue weighted by Crippen LogP contribution is 2.27. The van der Waals surface area contributed by atoms with E-state index in [4.69, 9.17) is 4.74 Å². The van der Waals surface area contributed by atoms with Crippen LogP contribution in [-0.2, 0) is 4.79 Å². The maximum atomic E-state index is 12.5. The molecule has 0 saturated heterocycles. The Hall–Kier alpha value is -2.06. The number of nitriles is 1. The Kier molecular flexibility index (Phi) is 6.83. The molecular weight excluding hydrogens is 314 g/mol. The van der Waals surface area contributed by atoms with Gasteiger partial charge in [0.15, 0.2) is 0 Å². The summed E-state index contributed by atoms with van der Waals surface area (Å²) >= 11 is 0. The van der Waals surface area contributed by atoms with Crippen LogP contribution in [0.2, 0.25) is 0 Å². The SMILES string of the molecule is Cc1ccc(OCCN(C)C(C)C(=O)NC2(C#N)CCCCC2)cc1. The lowest BCUT2D eigenvalue weighted by Crippen LogP contribution is -2.54. The number of hydrogen-bond acceptors (Lipinski definition) is 4. The van der Waals surface area contributed by atoms with E-state index in [0.717, 1.165) is 37.9 Å². The first-order chi connectivity index (χ1) is 12.0. The molecule has 1 aromatic rings. The number of rotatable bonds is 7.